The Morgan fingerprint density at radius 1 is 1.32 bits per heavy atom. The molecule has 0 aliphatic heterocycles. The Bertz CT molecular complexity index is 727. The van der Waals surface area contributed by atoms with Gasteiger partial charge < -0.3 is 15.0 Å². The summed E-state index contributed by atoms with van der Waals surface area (Å²) < 4.78 is 5.12. The number of thiazole rings is 1. The molecule has 1 aromatic heterocycles. The Morgan fingerprint density at radius 2 is 2.00 bits per heavy atom. The van der Waals surface area contributed by atoms with Gasteiger partial charge in [-0.25, -0.2) is 4.98 Å². The number of aryl methyl sites for hydroxylation is 1. The molecule has 0 aliphatic carbocycles. The third kappa shape index (κ3) is 5.03. The van der Waals surface area contributed by atoms with Crippen LogP contribution in [-0.4, -0.2) is 41.4 Å². The second-order valence-corrected chi connectivity index (χ2v) is 6.98. The smallest absolute Gasteiger partial charge is 0.254 e. The zero-order chi connectivity index (χ0) is 18.4. The summed E-state index contributed by atoms with van der Waals surface area (Å²) in [6.45, 7) is 5.83. The number of amides is 2. The molecule has 0 aliphatic rings. The number of ether oxygens (including phenoxy) is 1. The second-order valence-electron chi connectivity index (χ2n) is 5.74. The number of rotatable bonds is 7. The van der Waals surface area contributed by atoms with E-state index in [9.17, 15) is 9.59 Å². The van der Waals surface area contributed by atoms with Gasteiger partial charge in [-0.2, -0.15) is 0 Å². The van der Waals surface area contributed by atoms with Gasteiger partial charge in [0.25, 0.3) is 5.91 Å². The van der Waals surface area contributed by atoms with E-state index in [0.29, 0.717) is 16.4 Å². The molecule has 7 heteroatoms. The molecule has 0 saturated carbocycles. The van der Waals surface area contributed by atoms with Crippen LogP contribution in [-0.2, 0) is 4.79 Å². The molecule has 0 bridgehead atoms. The van der Waals surface area contributed by atoms with Gasteiger partial charge in [0.15, 0.2) is 5.13 Å². The fraction of sp³-hybridized carbons (Fsp3) is 0.389. The van der Waals surface area contributed by atoms with Crippen molar-refractivity contribution in [2.45, 2.75) is 33.2 Å². The summed E-state index contributed by atoms with van der Waals surface area (Å²) in [5, 5.41) is 3.30. The summed E-state index contributed by atoms with van der Waals surface area (Å²) in [6.07, 6.45) is 2.46. The molecule has 0 saturated heterocycles. The van der Waals surface area contributed by atoms with E-state index < -0.39 is 0 Å². The second kappa shape index (κ2) is 8.62. The van der Waals surface area contributed by atoms with Gasteiger partial charge in [-0.1, -0.05) is 6.92 Å². The first-order valence-corrected chi connectivity index (χ1v) is 8.93. The molecule has 1 N–H and O–H groups in total. The quantitative estimate of drug-likeness (QED) is 0.821. The first-order valence-electron chi connectivity index (χ1n) is 8.12. The molecule has 1 aromatic carbocycles. The largest absolute Gasteiger partial charge is 0.497 e. The number of nitrogens with one attached hydrogen (secondary N) is 1. The van der Waals surface area contributed by atoms with Crippen LogP contribution in [0.5, 0.6) is 5.75 Å². The summed E-state index contributed by atoms with van der Waals surface area (Å²) in [6, 6.07) is 6.83. The molecule has 25 heavy (non-hydrogen) atoms. The number of nitrogens with zero attached hydrogens (tertiary/aromatic N) is 2. The fourth-order valence-corrected chi connectivity index (χ4v) is 2.95. The standard InChI is InChI=1S/C18H23N3O3S/c1-5-12(2)21(11-16(22)20-18-19-10-13(3)25-18)17(23)14-6-8-15(24-4)9-7-14/h6-10,12H,5,11H2,1-4H3,(H,19,20,22). The number of aromatic nitrogens is 1. The number of hydrogen-bond acceptors (Lipinski definition) is 5. The molecule has 134 valence electrons. The van der Waals surface area contributed by atoms with E-state index in [1.54, 1.807) is 42.5 Å². The lowest BCUT2D eigenvalue weighted by atomic mass is 10.1. The van der Waals surface area contributed by atoms with Gasteiger partial charge in [0, 0.05) is 22.7 Å². The van der Waals surface area contributed by atoms with Crippen molar-refractivity contribution < 1.29 is 14.3 Å². The van der Waals surface area contributed by atoms with Crippen molar-refractivity contribution in [2.24, 2.45) is 0 Å². The van der Waals surface area contributed by atoms with Crippen LogP contribution in [0.15, 0.2) is 30.5 Å². The van der Waals surface area contributed by atoms with E-state index in [0.717, 1.165) is 11.3 Å². The van der Waals surface area contributed by atoms with Gasteiger partial charge >= 0.3 is 0 Å². The van der Waals surface area contributed by atoms with Crippen LogP contribution in [0, 0.1) is 6.92 Å². The SMILES string of the molecule is CCC(C)N(CC(=O)Nc1ncc(C)s1)C(=O)c1ccc(OC)cc1. The lowest BCUT2D eigenvalue weighted by Crippen LogP contribution is -2.43. The van der Waals surface area contributed by atoms with E-state index in [1.807, 2.05) is 20.8 Å². The zero-order valence-electron chi connectivity index (χ0n) is 14.9. The highest BCUT2D eigenvalue weighted by atomic mass is 32.1. The van der Waals surface area contributed by atoms with Crippen molar-refractivity contribution in [1.29, 1.82) is 0 Å². The lowest BCUT2D eigenvalue weighted by molar-refractivity contribution is -0.117. The van der Waals surface area contributed by atoms with E-state index in [4.69, 9.17) is 4.74 Å². The van der Waals surface area contributed by atoms with Crippen molar-refractivity contribution >= 4 is 28.3 Å². The Hall–Kier alpha value is -2.41. The van der Waals surface area contributed by atoms with Crippen LogP contribution in [0.3, 0.4) is 0 Å². The van der Waals surface area contributed by atoms with E-state index >= 15 is 0 Å². The van der Waals surface area contributed by atoms with Crippen LogP contribution in [0.2, 0.25) is 0 Å². The minimum atomic E-state index is -0.253. The maximum Gasteiger partial charge on any atom is 0.254 e. The van der Waals surface area contributed by atoms with E-state index in [1.165, 1.54) is 11.3 Å². The van der Waals surface area contributed by atoms with Gasteiger partial charge in [0.05, 0.1) is 7.11 Å². The third-order valence-corrected chi connectivity index (χ3v) is 4.73. The molecule has 0 radical (unpaired) electrons. The Morgan fingerprint density at radius 3 is 2.52 bits per heavy atom. The molecule has 2 aromatic rings. The number of carbonyl (C=O) groups excluding carboxylic acids is 2. The van der Waals surface area contributed by atoms with Gasteiger partial charge in [0.1, 0.15) is 12.3 Å². The Balaban J connectivity index is 2.11. The van der Waals surface area contributed by atoms with Gasteiger partial charge in [0.2, 0.25) is 5.91 Å². The third-order valence-electron chi connectivity index (χ3n) is 3.90. The minimum Gasteiger partial charge on any atom is -0.497 e. The monoisotopic (exact) mass is 361 g/mol. The summed E-state index contributed by atoms with van der Waals surface area (Å²) in [4.78, 5) is 31.9. The van der Waals surface area contributed by atoms with E-state index in [2.05, 4.69) is 10.3 Å². The Labute approximate surface area is 151 Å². The predicted octanol–water partition coefficient (Wildman–Crippen LogP) is 3.34. The van der Waals surface area contributed by atoms with Crippen LogP contribution in [0.4, 0.5) is 5.13 Å². The zero-order valence-corrected chi connectivity index (χ0v) is 15.7. The van der Waals surface area contributed by atoms with Crippen molar-refractivity contribution in [2.75, 3.05) is 19.0 Å². The molecule has 0 fully saturated rings. The van der Waals surface area contributed by atoms with Crippen LogP contribution in [0.25, 0.3) is 0 Å². The molecule has 1 heterocycles. The molecule has 1 unspecified atom stereocenters. The van der Waals surface area contributed by atoms with Crippen molar-refractivity contribution in [1.82, 2.24) is 9.88 Å². The average molecular weight is 361 g/mol. The number of methoxy groups -OCH3 is 1. The van der Waals surface area contributed by atoms with E-state index in [-0.39, 0.29) is 24.4 Å². The minimum absolute atomic E-state index is 0.0154. The highest BCUT2D eigenvalue weighted by Gasteiger charge is 2.23. The van der Waals surface area contributed by atoms with Crippen molar-refractivity contribution in [3.63, 3.8) is 0 Å². The van der Waals surface area contributed by atoms with Gasteiger partial charge in [-0.05, 0) is 44.5 Å². The summed E-state index contributed by atoms with van der Waals surface area (Å²) in [5.41, 5.74) is 0.527. The van der Waals surface area contributed by atoms with Crippen LogP contribution < -0.4 is 10.1 Å². The fourth-order valence-electron chi connectivity index (χ4n) is 2.27. The number of benzene rings is 1. The van der Waals surface area contributed by atoms with Crippen LogP contribution in [0.1, 0.15) is 35.5 Å². The summed E-state index contributed by atoms with van der Waals surface area (Å²) >= 11 is 1.41. The maximum absolute atomic E-state index is 12.8. The first-order chi connectivity index (χ1) is 11.9. The van der Waals surface area contributed by atoms with Gasteiger partial charge in [-0.3, -0.25) is 9.59 Å². The van der Waals surface area contributed by atoms with Crippen molar-refractivity contribution in [3.8, 4) is 5.75 Å². The molecule has 2 rings (SSSR count). The molecule has 0 spiro atoms. The number of anilines is 1. The number of hydrogen-bond donors (Lipinski definition) is 1. The Kier molecular flexibility index (Phi) is 6.52. The van der Waals surface area contributed by atoms with Gasteiger partial charge in [-0.15, -0.1) is 11.3 Å². The molecular weight excluding hydrogens is 338 g/mol. The van der Waals surface area contributed by atoms with Crippen LogP contribution >= 0.6 is 11.3 Å². The molecule has 2 amide bonds. The molecular formula is C18H23N3O3S. The molecule has 6 nitrogen and oxygen atoms in total. The predicted molar refractivity (Wildman–Crippen MR) is 99.3 cm³/mol. The highest BCUT2D eigenvalue weighted by Crippen LogP contribution is 2.18. The normalized spacial score (nSPS) is 11.7. The number of carbonyl (C=O) groups is 2. The maximum atomic E-state index is 12.8. The molecule has 1 atom stereocenters. The topological polar surface area (TPSA) is 71.5 Å². The first kappa shape index (κ1) is 18.9. The lowest BCUT2D eigenvalue weighted by Gasteiger charge is -2.28. The summed E-state index contributed by atoms with van der Waals surface area (Å²) in [7, 11) is 1.58. The summed E-state index contributed by atoms with van der Waals surface area (Å²) in [5.74, 6) is 0.252. The average Bonchev–Trinajstić information content (AvgIpc) is 3.03. The van der Waals surface area contributed by atoms with Crippen molar-refractivity contribution in [3.05, 3.63) is 40.9 Å². The highest BCUT2D eigenvalue weighted by molar-refractivity contribution is 7.15.